The van der Waals surface area contributed by atoms with Gasteiger partial charge in [0.25, 0.3) is 0 Å². The lowest BCUT2D eigenvalue weighted by Crippen LogP contribution is -1.82. The molecule has 0 N–H and O–H groups in total. The summed E-state index contributed by atoms with van der Waals surface area (Å²) in [5, 5.41) is 0. The molecule has 25 heavy (non-hydrogen) atoms. The topological polar surface area (TPSA) is 0 Å². The summed E-state index contributed by atoms with van der Waals surface area (Å²) in [6.45, 7) is 4.57. The van der Waals surface area contributed by atoms with E-state index in [1.807, 2.05) is 0 Å². The molecular formula is C25H48. The monoisotopic (exact) mass is 348 g/mol. The first-order valence-corrected chi connectivity index (χ1v) is 11.7. The predicted molar refractivity (Wildman–Crippen MR) is 117 cm³/mol. The van der Waals surface area contributed by atoms with Crippen molar-refractivity contribution >= 4 is 0 Å². The van der Waals surface area contributed by atoms with Crippen molar-refractivity contribution in [3.8, 4) is 0 Å². The van der Waals surface area contributed by atoms with Crippen molar-refractivity contribution < 1.29 is 0 Å². The van der Waals surface area contributed by atoms with E-state index in [0.29, 0.717) is 0 Å². The second-order valence-electron chi connectivity index (χ2n) is 7.69. The van der Waals surface area contributed by atoms with Crippen LogP contribution in [0.5, 0.6) is 0 Å². The van der Waals surface area contributed by atoms with Crippen molar-refractivity contribution in [2.75, 3.05) is 0 Å². The molecule has 0 radical (unpaired) electrons. The molecule has 0 saturated heterocycles. The predicted octanol–water partition coefficient (Wildman–Crippen LogP) is 9.55. The first-order chi connectivity index (χ1) is 12.4. The van der Waals surface area contributed by atoms with Gasteiger partial charge in [-0.2, -0.15) is 0 Å². The molecule has 0 aromatic heterocycles. The summed E-state index contributed by atoms with van der Waals surface area (Å²) in [4.78, 5) is 0. The van der Waals surface area contributed by atoms with Crippen LogP contribution < -0.4 is 0 Å². The van der Waals surface area contributed by atoms with E-state index in [4.69, 9.17) is 0 Å². The Hall–Kier alpha value is -0.520. The van der Waals surface area contributed by atoms with E-state index in [9.17, 15) is 0 Å². The molecule has 0 spiro atoms. The standard InChI is InChI=1S/C25H48/c1-3-5-7-9-11-13-15-17-19-21-23-25-24-22-20-18-16-14-12-10-8-6-4-2/h13,15,21,23H,3-12,14,16-20,22,24-25H2,1-2H3. The minimum absolute atomic E-state index is 1.22. The average molecular weight is 349 g/mol. The number of unbranched alkanes of at least 4 members (excludes halogenated alkanes) is 16. The van der Waals surface area contributed by atoms with E-state index in [1.165, 1.54) is 122 Å². The fourth-order valence-corrected chi connectivity index (χ4v) is 3.28. The third kappa shape index (κ3) is 23.5. The summed E-state index contributed by atoms with van der Waals surface area (Å²) in [6.07, 6.45) is 35.9. The summed E-state index contributed by atoms with van der Waals surface area (Å²) in [5.74, 6) is 0. The Bertz CT molecular complexity index is 274. The van der Waals surface area contributed by atoms with Crippen molar-refractivity contribution in [1.82, 2.24) is 0 Å². The molecule has 0 fully saturated rings. The van der Waals surface area contributed by atoms with Gasteiger partial charge in [0, 0.05) is 0 Å². The summed E-state index contributed by atoms with van der Waals surface area (Å²) in [7, 11) is 0. The van der Waals surface area contributed by atoms with Crippen molar-refractivity contribution in [2.45, 2.75) is 136 Å². The highest BCUT2D eigenvalue weighted by molar-refractivity contribution is 4.88. The van der Waals surface area contributed by atoms with Gasteiger partial charge in [-0.3, -0.25) is 0 Å². The van der Waals surface area contributed by atoms with Crippen LogP contribution in [0.15, 0.2) is 24.3 Å². The Morgan fingerprint density at radius 1 is 0.320 bits per heavy atom. The van der Waals surface area contributed by atoms with Gasteiger partial charge in [-0.1, -0.05) is 122 Å². The lowest BCUT2D eigenvalue weighted by molar-refractivity contribution is 0.550. The minimum Gasteiger partial charge on any atom is -0.0885 e. The van der Waals surface area contributed by atoms with E-state index in [0.717, 1.165) is 0 Å². The van der Waals surface area contributed by atoms with Gasteiger partial charge in [0.05, 0.1) is 0 Å². The lowest BCUT2D eigenvalue weighted by atomic mass is 10.1. The summed E-state index contributed by atoms with van der Waals surface area (Å²) in [6, 6.07) is 0. The van der Waals surface area contributed by atoms with Gasteiger partial charge in [0.1, 0.15) is 0 Å². The van der Waals surface area contributed by atoms with Crippen LogP contribution in [0, 0.1) is 0 Å². The number of allylic oxidation sites excluding steroid dienone is 4. The summed E-state index contributed by atoms with van der Waals surface area (Å²) >= 11 is 0. The van der Waals surface area contributed by atoms with E-state index < -0.39 is 0 Å². The van der Waals surface area contributed by atoms with Crippen molar-refractivity contribution in [1.29, 1.82) is 0 Å². The molecule has 0 bridgehead atoms. The molecule has 0 aliphatic rings. The van der Waals surface area contributed by atoms with E-state index in [-0.39, 0.29) is 0 Å². The molecule has 0 amide bonds. The Kier molecular flexibility index (Phi) is 23.0. The number of hydrogen-bond donors (Lipinski definition) is 0. The summed E-state index contributed by atoms with van der Waals surface area (Å²) < 4.78 is 0. The normalized spacial score (nSPS) is 11.9. The van der Waals surface area contributed by atoms with Gasteiger partial charge in [-0.05, 0) is 38.5 Å². The minimum atomic E-state index is 1.22. The molecule has 0 aromatic carbocycles. The van der Waals surface area contributed by atoms with Gasteiger partial charge in [-0.15, -0.1) is 0 Å². The first-order valence-electron chi connectivity index (χ1n) is 11.7. The van der Waals surface area contributed by atoms with Gasteiger partial charge in [-0.25, -0.2) is 0 Å². The van der Waals surface area contributed by atoms with Gasteiger partial charge in [0.2, 0.25) is 0 Å². The molecule has 0 aliphatic heterocycles. The fraction of sp³-hybridized carbons (Fsp3) is 0.840. The maximum absolute atomic E-state index is 2.41. The average Bonchev–Trinajstić information content (AvgIpc) is 2.63. The molecule has 148 valence electrons. The smallest absolute Gasteiger partial charge is 0.0316 e. The van der Waals surface area contributed by atoms with E-state index in [2.05, 4.69) is 38.2 Å². The highest BCUT2D eigenvalue weighted by atomic mass is 14.0. The third-order valence-electron chi connectivity index (χ3n) is 5.03. The molecule has 0 heterocycles. The van der Waals surface area contributed by atoms with Crippen molar-refractivity contribution in [3.05, 3.63) is 24.3 Å². The van der Waals surface area contributed by atoms with Crippen molar-refractivity contribution in [2.24, 2.45) is 0 Å². The molecule has 0 unspecified atom stereocenters. The molecule has 0 saturated carbocycles. The van der Waals surface area contributed by atoms with Crippen LogP contribution in [0.3, 0.4) is 0 Å². The molecular weight excluding hydrogens is 300 g/mol. The third-order valence-corrected chi connectivity index (χ3v) is 5.03. The van der Waals surface area contributed by atoms with Crippen LogP contribution in [0.25, 0.3) is 0 Å². The van der Waals surface area contributed by atoms with Crippen LogP contribution in [0.1, 0.15) is 136 Å². The zero-order valence-corrected chi connectivity index (χ0v) is 17.7. The zero-order chi connectivity index (χ0) is 18.3. The van der Waals surface area contributed by atoms with Gasteiger partial charge >= 0.3 is 0 Å². The van der Waals surface area contributed by atoms with Gasteiger partial charge in [0.15, 0.2) is 0 Å². The van der Waals surface area contributed by atoms with Crippen LogP contribution in [-0.2, 0) is 0 Å². The maximum atomic E-state index is 2.41. The van der Waals surface area contributed by atoms with Crippen LogP contribution >= 0.6 is 0 Å². The molecule has 0 rings (SSSR count). The first kappa shape index (κ1) is 24.5. The fourth-order valence-electron chi connectivity index (χ4n) is 3.28. The Balaban J connectivity index is 3.12. The highest BCUT2D eigenvalue weighted by Crippen LogP contribution is 2.12. The quantitative estimate of drug-likeness (QED) is 0.152. The van der Waals surface area contributed by atoms with Crippen LogP contribution in [0.2, 0.25) is 0 Å². The Labute approximate surface area is 160 Å². The molecule has 0 aliphatic carbocycles. The van der Waals surface area contributed by atoms with Gasteiger partial charge < -0.3 is 0 Å². The lowest BCUT2D eigenvalue weighted by Gasteiger charge is -2.01. The Morgan fingerprint density at radius 3 is 1.00 bits per heavy atom. The second-order valence-corrected chi connectivity index (χ2v) is 7.69. The SMILES string of the molecule is CCCCCCC=CCCC=CCCCCCCCCCCCCC. The second kappa shape index (κ2) is 23.5. The number of hydrogen-bond acceptors (Lipinski definition) is 0. The number of rotatable bonds is 20. The van der Waals surface area contributed by atoms with E-state index in [1.54, 1.807) is 0 Å². The molecule has 0 nitrogen and oxygen atoms in total. The highest BCUT2D eigenvalue weighted by Gasteiger charge is 1.92. The van der Waals surface area contributed by atoms with Crippen LogP contribution in [0.4, 0.5) is 0 Å². The van der Waals surface area contributed by atoms with Crippen molar-refractivity contribution in [3.63, 3.8) is 0 Å². The van der Waals surface area contributed by atoms with E-state index >= 15 is 0 Å². The zero-order valence-electron chi connectivity index (χ0n) is 17.7. The maximum Gasteiger partial charge on any atom is -0.0316 e. The van der Waals surface area contributed by atoms with Crippen LogP contribution in [-0.4, -0.2) is 0 Å². The molecule has 0 heteroatoms. The summed E-state index contributed by atoms with van der Waals surface area (Å²) in [5.41, 5.74) is 0. The largest absolute Gasteiger partial charge is 0.0885 e. The molecule has 0 aromatic rings. The Morgan fingerprint density at radius 2 is 0.600 bits per heavy atom. The molecule has 0 atom stereocenters.